The van der Waals surface area contributed by atoms with Gasteiger partial charge in [-0.15, -0.1) is 0 Å². The van der Waals surface area contributed by atoms with Crippen molar-refractivity contribution in [2.45, 2.75) is 39.7 Å². The van der Waals surface area contributed by atoms with Gasteiger partial charge < -0.3 is 20.3 Å². The van der Waals surface area contributed by atoms with Crippen LogP contribution in [0.5, 0.6) is 0 Å². The smallest absolute Gasteiger partial charge is 0.409 e. The lowest BCUT2D eigenvalue weighted by Gasteiger charge is -2.31. The summed E-state index contributed by atoms with van der Waals surface area (Å²) in [7, 11) is 0. The normalized spacial score (nSPS) is 15.2. The first-order valence-electron chi connectivity index (χ1n) is 8.52. The molecule has 6 heteroatoms. The number of benzene rings is 1. The fourth-order valence-corrected chi connectivity index (χ4v) is 2.91. The van der Waals surface area contributed by atoms with Crippen LogP contribution in [0, 0.1) is 13.8 Å². The average molecular weight is 333 g/mol. The molecule has 0 bridgehead atoms. The number of amides is 2. The summed E-state index contributed by atoms with van der Waals surface area (Å²) in [6, 6.07) is 6.21. The molecule has 1 aromatic rings. The Morgan fingerprint density at radius 1 is 1.21 bits per heavy atom. The summed E-state index contributed by atoms with van der Waals surface area (Å²) in [6.45, 7) is 7.78. The van der Waals surface area contributed by atoms with Crippen LogP contribution in [-0.2, 0) is 9.53 Å². The maximum atomic E-state index is 12.2. The summed E-state index contributed by atoms with van der Waals surface area (Å²) in [6.07, 6.45) is 1.41. The van der Waals surface area contributed by atoms with Gasteiger partial charge in [-0.2, -0.15) is 0 Å². The highest BCUT2D eigenvalue weighted by Gasteiger charge is 2.23. The van der Waals surface area contributed by atoms with Gasteiger partial charge in [0, 0.05) is 24.8 Å². The summed E-state index contributed by atoms with van der Waals surface area (Å²) < 4.78 is 5.01. The highest BCUT2D eigenvalue weighted by atomic mass is 16.6. The third-order valence-electron chi connectivity index (χ3n) is 4.32. The van der Waals surface area contributed by atoms with Crippen LogP contribution in [0.3, 0.4) is 0 Å². The quantitative estimate of drug-likeness (QED) is 0.868. The first-order valence-corrected chi connectivity index (χ1v) is 8.52. The molecule has 0 aliphatic carbocycles. The lowest BCUT2D eigenvalue weighted by Crippen LogP contribution is -2.46. The van der Waals surface area contributed by atoms with E-state index in [0.29, 0.717) is 19.7 Å². The minimum atomic E-state index is -0.247. The van der Waals surface area contributed by atoms with Crippen molar-refractivity contribution in [2.75, 3.05) is 31.6 Å². The standard InChI is InChI=1S/C18H27N3O3/c1-4-24-18(23)21-10-8-15(9-11-21)19-12-16(22)20-17-13(2)6-5-7-14(17)3/h5-7,15,19H,4,8-12H2,1-3H3,(H,20,22). The molecule has 2 N–H and O–H groups in total. The molecule has 0 spiro atoms. The van der Waals surface area contributed by atoms with Crippen LogP contribution in [0.25, 0.3) is 0 Å². The Morgan fingerprint density at radius 3 is 2.42 bits per heavy atom. The maximum absolute atomic E-state index is 12.2. The molecule has 0 radical (unpaired) electrons. The average Bonchev–Trinajstić information content (AvgIpc) is 2.57. The van der Waals surface area contributed by atoms with E-state index in [2.05, 4.69) is 10.6 Å². The van der Waals surface area contributed by atoms with Crippen LogP contribution in [-0.4, -0.2) is 49.2 Å². The number of para-hydroxylation sites is 1. The number of hydrogen-bond acceptors (Lipinski definition) is 4. The van der Waals surface area contributed by atoms with Crippen molar-refractivity contribution in [3.8, 4) is 0 Å². The number of nitrogens with zero attached hydrogens (tertiary/aromatic N) is 1. The zero-order valence-corrected chi connectivity index (χ0v) is 14.7. The molecule has 1 aromatic carbocycles. The lowest BCUT2D eigenvalue weighted by atomic mass is 10.1. The van der Waals surface area contributed by atoms with Crippen LogP contribution < -0.4 is 10.6 Å². The van der Waals surface area contributed by atoms with E-state index in [-0.39, 0.29) is 24.6 Å². The number of anilines is 1. The van der Waals surface area contributed by atoms with Crippen LogP contribution in [0.4, 0.5) is 10.5 Å². The minimum Gasteiger partial charge on any atom is -0.450 e. The fourth-order valence-electron chi connectivity index (χ4n) is 2.91. The lowest BCUT2D eigenvalue weighted by molar-refractivity contribution is -0.115. The van der Waals surface area contributed by atoms with E-state index in [4.69, 9.17) is 4.74 Å². The molecule has 1 saturated heterocycles. The van der Waals surface area contributed by atoms with E-state index < -0.39 is 0 Å². The van der Waals surface area contributed by atoms with Gasteiger partial charge in [-0.25, -0.2) is 4.79 Å². The number of carbonyl (C=O) groups excluding carboxylic acids is 2. The topological polar surface area (TPSA) is 70.7 Å². The first kappa shape index (κ1) is 18.3. The first-order chi connectivity index (χ1) is 11.5. The number of aryl methyl sites for hydroxylation is 2. The molecule has 2 amide bonds. The highest BCUT2D eigenvalue weighted by molar-refractivity contribution is 5.93. The molecule has 0 aromatic heterocycles. The summed E-state index contributed by atoms with van der Waals surface area (Å²) in [5, 5.41) is 6.26. The van der Waals surface area contributed by atoms with Crippen molar-refractivity contribution < 1.29 is 14.3 Å². The van der Waals surface area contributed by atoms with Crippen molar-refractivity contribution in [1.82, 2.24) is 10.2 Å². The summed E-state index contributed by atoms with van der Waals surface area (Å²) in [5.41, 5.74) is 3.01. The minimum absolute atomic E-state index is 0.0415. The Kier molecular flexibility index (Phi) is 6.61. The highest BCUT2D eigenvalue weighted by Crippen LogP contribution is 2.19. The van der Waals surface area contributed by atoms with Crippen molar-refractivity contribution in [1.29, 1.82) is 0 Å². The second-order valence-corrected chi connectivity index (χ2v) is 6.16. The maximum Gasteiger partial charge on any atom is 0.409 e. The van der Waals surface area contributed by atoms with Crippen molar-refractivity contribution in [3.63, 3.8) is 0 Å². The molecule has 132 valence electrons. The SMILES string of the molecule is CCOC(=O)N1CCC(NCC(=O)Nc2c(C)cccc2C)CC1. The van der Waals surface area contributed by atoms with Crippen molar-refractivity contribution in [3.05, 3.63) is 29.3 Å². The van der Waals surface area contributed by atoms with Gasteiger partial charge in [-0.3, -0.25) is 4.79 Å². The van der Waals surface area contributed by atoms with Crippen LogP contribution in [0.1, 0.15) is 30.9 Å². The molecule has 0 saturated carbocycles. The molecule has 24 heavy (non-hydrogen) atoms. The predicted molar refractivity (Wildman–Crippen MR) is 94.2 cm³/mol. The molecule has 2 rings (SSSR count). The molecular formula is C18H27N3O3. The van der Waals surface area contributed by atoms with Gasteiger partial charge in [-0.1, -0.05) is 18.2 Å². The van der Waals surface area contributed by atoms with E-state index in [0.717, 1.165) is 29.7 Å². The molecule has 1 fully saturated rings. The van der Waals surface area contributed by atoms with Gasteiger partial charge in [0.05, 0.1) is 13.2 Å². The number of hydrogen-bond donors (Lipinski definition) is 2. The number of piperidine rings is 1. The van der Waals surface area contributed by atoms with E-state index >= 15 is 0 Å². The van der Waals surface area contributed by atoms with E-state index in [1.54, 1.807) is 11.8 Å². The van der Waals surface area contributed by atoms with Crippen LogP contribution in [0.15, 0.2) is 18.2 Å². The summed E-state index contributed by atoms with van der Waals surface area (Å²) in [4.78, 5) is 25.5. The number of ether oxygens (including phenoxy) is 1. The Bertz CT molecular complexity index is 561. The largest absolute Gasteiger partial charge is 0.450 e. The zero-order valence-electron chi connectivity index (χ0n) is 14.7. The van der Waals surface area contributed by atoms with E-state index in [1.807, 2.05) is 32.0 Å². The number of rotatable bonds is 5. The van der Waals surface area contributed by atoms with Gasteiger partial charge >= 0.3 is 6.09 Å². The van der Waals surface area contributed by atoms with Crippen molar-refractivity contribution >= 4 is 17.7 Å². The number of likely N-dealkylation sites (tertiary alicyclic amines) is 1. The second-order valence-electron chi connectivity index (χ2n) is 6.16. The molecular weight excluding hydrogens is 306 g/mol. The number of nitrogens with one attached hydrogen (secondary N) is 2. The van der Waals surface area contributed by atoms with E-state index in [9.17, 15) is 9.59 Å². The van der Waals surface area contributed by atoms with Crippen LogP contribution >= 0.6 is 0 Å². The predicted octanol–water partition coefficient (Wildman–Crippen LogP) is 2.45. The molecule has 0 unspecified atom stereocenters. The fraction of sp³-hybridized carbons (Fsp3) is 0.556. The van der Waals surface area contributed by atoms with Crippen molar-refractivity contribution in [2.24, 2.45) is 0 Å². The van der Waals surface area contributed by atoms with Gasteiger partial charge in [-0.05, 0) is 44.7 Å². The van der Waals surface area contributed by atoms with Gasteiger partial charge in [0.25, 0.3) is 0 Å². The zero-order chi connectivity index (χ0) is 17.5. The monoisotopic (exact) mass is 333 g/mol. The third kappa shape index (κ3) is 4.96. The number of carbonyl (C=O) groups is 2. The Balaban J connectivity index is 1.74. The summed E-state index contributed by atoms with van der Waals surface area (Å²) in [5.74, 6) is -0.0415. The Hall–Kier alpha value is -2.08. The Morgan fingerprint density at radius 2 is 1.83 bits per heavy atom. The molecule has 1 aliphatic heterocycles. The molecule has 1 aliphatic rings. The van der Waals surface area contributed by atoms with Gasteiger partial charge in [0.1, 0.15) is 0 Å². The summed E-state index contributed by atoms with van der Waals surface area (Å²) >= 11 is 0. The molecule has 1 heterocycles. The third-order valence-corrected chi connectivity index (χ3v) is 4.32. The van der Waals surface area contributed by atoms with Crippen LogP contribution in [0.2, 0.25) is 0 Å². The molecule has 0 atom stereocenters. The molecule has 6 nitrogen and oxygen atoms in total. The van der Waals surface area contributed by atoms with E-state index in [1.165, 1.54) is 0 Å². The van der Waals surface area contributed by atoms with Gasteiger partial charge in [0.2, 0.25) is 5.91 Å². The van der Waals surface area contributed by atoms with Gasteiger partial charge in [0.15, 0.2) is 0 Å². The second kappa shape index (κ2) is 8.68. The Labute approximate surface area is 143 Å².